The predicted octanol–water partition coefficient (Wildman–Crippen LogP) is 3.65. The highest BCUT2D eigenvalue weighted by Gasteiger charge is 2.18. The minimum absolute atomic E-state index is 0.00125. The minimum Gasteiger partial charge on any atom is -0.497 e. The molecule has 7 nitrogen and oxygen atoms in total. The molecule has 0 aliphatic carbocycles. The summed E-state index contributed by atoms with van der Waals surface area (Å²) in [6, 6.07) is 16.6. The van der Waals surface area contributed by atoms with Gasteiger partial charge in [0.25, 0.3) is 5.56 Å². The van der Waals surface area contributed by atoms with E-state index in [4.69, 9.17) is 9.47 Å². The molecule has 1 amide bonds. The van der Waals surface area contributed by atoms with E-state index in [2.05, 4.69) is 10.3 Å². The Bertz CT molecular complexity index is 1390. The van der Waals surface area contributed by atoms with Crippen LogP contribution in [-0.2, 0) is 17.8 Å². The van der Waals surface area contributed by atoms with E-state index in [1.165, 1.54) is 0 Å². The van der Waals surface area contributed by atoms with Crippen LogP contribution in [0.2, 0.25) is 0 Å². The lowest BCUT2D eigenvalue weighted by Crippen LogP contribution is -2.22. The molecule has 2 aromatic heterocycles. The van der Waals surface area contributed by atoms with Crippen LogP contribution in [0.5, 0.6) is 11.5 Å². The Kier molecular flexibility index (Phi) is 5.07. The highest BCUT2D eigenvalue weighted by atomic mass is 16.5. The molecule has 0 unspecified atom stereocenters. The second kappa shape index (κ2) is 8.19. The van der Waals surface area contributed by atoms with Crippen LogP contribution in [-0.4, -0.2) is 29.2 Å². The van der Waals surface area contributed by atoms with Crippen molar-refractivity contribution in [3.63, 3.8) is 0 Å². The molecule has 1 aliphatic rings. The first kappa shape index (κ1) is 19.8. The fourth-order valence-electron chi connectivity index (χ4n) is 3.89. The van der Waals surface area contributed by atoms with E-state index in [9.17, 15) is 9.59 Å². The summed E-state index contributed by atoms with van der Waals surface area (Å²) < 4.78 is 12.9. The number of anilines is 1. The minimum atomic E-state index is -0.0975. The van der Waals surface area contributed by atoms with Crippen molar-refractivity contribution in [3.8, 4) is 22.6 Å². The van der Waals surface area contributed by atoms with Crippen LogP contribution in [0.15, 0.2) is 71.8 Å². The number of fused-ring (bicyclic) bond motifs is 2. The van der Waals surface area contributed by atoms with Crippen LogP contribution in [0.3, 0.4) is 0 Å². The van der Waals surface area contributed by atoms with E-state index < -0.39 is 0 Å². The zero-order chi connectivity index (χ0) is 22.1. The predicted molar refractivity (Wildman–Crippen MR) is 122 cm³/mol. The molecular formula is C25H21N3O4. The van der Waals surface area contributed by atoms with Gasteiger partial charge in [-0.15, -0.1) is 0 Å². The molecule has 0 atom stereocenters. The Morgan fingerprint density at radius 3 is 2.78 bits per heavy atom. The van der Waals surface area contributed by atoms with Gasteiger partial charge in [-0.2, -0.15) is 0 Å². The number of benzene rings is 2. The lowest BCUT2D eigenvalue weighted by atomic mass is 10.0. The fraction of sp³-hybridized carbons (Fsp3) is 0.160. The van der Waals surface area contributed by atoms with E-state index in [1.54, 1.807) is 30.0 Å². The summed E-state index contributed by atoms with van der Waals surface area (Å²) in [7, 11) is 1.62. The second-order valence-electron chi connectivity index (χ2n) is 7.59. The van der Waals surface area contributed by atoms with Gasteiger partial charge in [0, 0.05) is 35.6 Å². The van der Waals surface area contributed by atoms with E-state index in [1.807, 2.05) is 48.7 Å². The Hall–Kier alpha value is -4.13. The fourth-order valence-corrected chi connectivity index (χ4v) is 3.89. The molecule has 3 heterocycles. The maximum absolute atomic E-state index is 12.4. The van der Waals surface area contributed by atoms with Crippen LogP contribution in [0.4, 0.5) is 5.69 Å². The maximum atomic E-state index is 12.4. The number of hydrogen-bond donors (Lipinski definition) is 1. The van der Waals surface area contributed by atoms with Gasteiger partial charge in [0.05, 0.1) is 25.6 Å². The largest absolute Gasteiger partial charge is 0.497 e. The summed E-state index contributed by atoms with van der Waals surface area (Å²) in [6.45, 7) is 0.731. The number of aromatic nitrogens is 2. The summed E-state index contributed by atoms with van der Waals surface area (Å²) in [4.78, 5) is 28.4. The number of amides is 1. The molecular weight excluding hydrogens is 406 g/mol. The lowest BCUT2D eigenvalue weighted by molar-refractivity contribution is -0.115. The van der Waals surface area contributed by atoms with Crippen LogP contribution >= 0.6 is 0 Å². The molecule has 0 fully saturated rings. The zero-order valence-corrected chi connectivity index (χ0v) is 17.5. The van der Waals surface area contributed by atoms with Crippen LogP contribution in [0.25, 0.3) is 22.0 Å². The van der Waals surface area contributed by atoms with Crippen molar-refractivity contribution in [2.75, 3.05) is 19.0 Å². The van der Waals surface area contributed by atoms with Crippen molar-refractivity contribution in [1.82, 2.24) is 9.55 Å². The molecule has 1 aliphatic heterocycles. The molecule has 2 aromatic carbocycles. The number of nitrogens with zero attached hydrogens (tertiary/aromatic N) is 2. The molecule has 0 spiro atoms. The normalized spacial score (nSPS) is 12.5. The average molecular weight is 427 g/mol. The van der Waals surface area contributed by atoms with E-state index in [-0.39, 0.29) is 11.5 Å². The Morgan fingerprint density at radius 1 is 1.03 bits per heavy atom. The number of nitrogens with one attached hydrogen (secondary N) is 1. The monoisotopic (exact) mass is 427 g/mol. The van der Waals surface area contributed by atoms with E-state index >= 15 is 0 Å². The third-order valence-corrected chi connectivity index (χ3v) is 5.55. The van der Waals surface area contributed by atoms with Gasteiger partial charge in [0.15, 0.2) is 0 Å². The van der Waals surface area contributed by atoms with Crippen molar-refractivity contribution in [2.45, 2.75) is 13.0 Å². The summed E-state index contributed by atoms with van der Waals surface area (Å²) in [5, 5.41) is 3.72. The topological polar surface area (TPSA) is 82.5 Å². The Balaban J connectivity index is 1.34. The molecule has 0 saturated carbocycles. The lowest BCUT2D eigenvalue weighted by Gasteiger charge is -2.12. The second-order valence-corrected chi connectivity index (χ2v) is 7.59. The van der Waals surface area contributed by atoms with Gasteiger partial charge < -0.3 is 19.4 Å². The first-order valence-corrected chi connectivity index (χ1v) is 10.3. The van der Waals surface area contributed by atoms with Crippen molar-refractivity contribution in [1.29, 1.82) is 0 Å². The molecule has 4 aromatic rings. The van der Waals surface area contributed by atoms with E-state index in [0.29, 0.717) is 25.3 Å². The highest BCUT2D eigenvalue weighted by Crippen LogP contribution is 2.29. The first-order chi connectivity index (χ1) is 15.6. The summed E-state index contributed by atoms with van der Waals surface area (Å²) in [5.74, 6) is 1.44. The SMILES string of the molecule is COc1ccc2c(OCCn3cc(-c4ccc5c(c4)CC(=O)N5)ccc3=O)ccnc2c1. The molecule has 7 heteroatoms. The first-order valence-electron chi connectivity index (χ1n) is 10.3. The summed E-state index contributed by atoms with van der Waals surface area (Å²) in [5.41, 5.74) is 4.37. The van der Waals surface area contributed by atoms with Gasteiger partial charge >= 0.3 is 0 Å². The number of methoxy groups -OCH3 is 1. The van der Waals surface area contributed by atoms with Gasteiger partial charge in [0.2, 0.25) is 5.91 Å². The van der Waals surface area contributed by atoms with Gasteiger partial charge in [0.1, 0.15) is 18.1 Å². The third-order valence-electron chi connectivity index (χ3n) is 5.55. The average Bonchev–Trinajstić information content (AvgIpc) is 3.19. The number of hydrogen-bond acceptors (Lipinski definition) is 5. The summed E-state index contributed by atoms with van der Waals surface area (Å²) in [6.07, 6.45) is 3.90. The van der Waals surface area contributed by atoms with E-state index in [0.717, 1.165) is 39.0 Å². The smallest absolute Gasteiger partial charge is 0.250 e. The highest BCUT2D eigenvalue weighted by molar-refractivity contribution is 5.99. The van der Waals surface area contributed by atoms with Gasteiger partial charge in [-0.3, -0.25) is 14.6 Å². The quantitative estimate of drug-likeness (QED) is 0.508. The molecule has 1 N–H and O–H groups in total. The number of carbonyl (C=O) groups is 1. The van der Waals surface area contributed by atoms with Gasteiger partial charge in [-0.05, 0) is 53.1 Å². The molecule has 0 saturated heterocycles. The zero-order valence-electron chi connectivity index (χ0n) is 17.5. The van der Waals surface area contributed by atoms with Crippen LogP contribution in [0, 0.1) is 0 Å². The molecule has 5 rings (SSSR count). The van der Waals surface area contributed by atoms with Crippen LogP contribution in [0.1, 0.15) is 5.56 Å². The number of ether oxygens (including phenoxy) is 2. The van der Waals surface area contributed by atoms with Gasteiger partial charge in [-0.25, -0.2) is 0 Å². The molecule has 32 heavy (non-hydrogen) atoms. The number of rotatable bonds is 6. The number of pyridine rings is 2. The molecule has 0 radical (unpaired) electrons. The standard InChI is InChI=1S/C25H21N3O4/c1-31-19-4-5-20-22(14-19)26-9-8-23(20)32-11-10-28-15-17(3-7-25(28)30)16-2-6-21-18(12-16)13-24(29)27-21/h2-9,12,14-15H,10-11,13H2,1H3,(H,27,29). The van der Waals surface area contributed by atoms with Crippen molar-refractivity contribution in [2.24, 2.45) is 0 Å². The molecule has 160 valence electrons. The number of carbonyl (C=O) groups excluding carboxylic acids is 1. The van der Waals surface area contributed by atoms with Crippen molar-refractivity contribution >= 4 is 22.5 Å². The molecule has 0 bridgehead atoms. The van der Waals surface area contributed by atoms with Crippen LogP contribution < -0.4 is 20.3 Å². The van der Waals surface area contributed by atoms with Crippen molar-refractivity contribution in [3.05, 3.63) is 82.9 Å². The Labute approximate surface area is 184 Å². The van der Waals surface area contributed by atoms with Gasteiger partial charge in [-0.1, -0.05) is 6.07 Å². The van der Waals surface area contributed by atoms with Crippen molar-refractivity contribution < 1.29 is 14.3 Å². The summed E-state index contributed by atoms with van der Waals surface area (Å²) >= 11 is 0. The Morgan fingerprint density at radius 2 is 1.91 bits per heavy atom. The third kappa shape index (κ3) is 3.80. The maximum Gasteiger partial charge on any atom is 0.250 e.